The highest BCUT2D eigenvalue weighted by atomic mass is 32.2. The Kier molecular flexibility index (Phi) is 5.97. The standard InChI is InChI=1S/C24H28FN5O3S/c1-14-21(33-13-26-14)22-27-28-23(29(22)3)34-7-5-6-30-11-16-10-24(16,12-30)18-8-17(15(2)31)20(32-4)9-19(18)25/h8-9,13,16H,5-7,10-12H2,1-4H3. The fourth-order valence-corrected chi connectivity index (χ4v) is 6.00. The topological polar surface area (TPSA) is 86.3 Å². The molecule has 0 bridgehead atoms. The van der Waals surface area contributed by atoms with Crippen molar-refractivity contribution in [3.8, 4) is 17.3 Å². The van der Waals surface area contributed by atoms with E-state index in [1.165, 1.54) is 26.5 Å². The maximum atomic E-state index is 15.0. The van der Waals surface area contributed by atoms with Crippen LogP contribution >= 0.6 is 11.8 Å². The second-order valence-electron chi connectivity index (χ2n) is 9.21. The summed E-state index contributed by atoms with van der Waals surface area (Å²) in [6, 6.07) is 3.09. The van der Waals surface area contributed by atoms with Crippen molar-refractivity contribution in [3.63, 3.8) is 0 Å². The minimum absolute atomic E-state index is 0.107. The lowest BCUT2D eigenvalue weighted by Gasteiger charge is -2.22. The van der Waals surface area contributed by atoms with Gasteiger partial charge in [0, 0.05) is 37.4 Å². The lowest BCUT2D eigenvalue weighted by Crippen LogP contribution is -2.28. The van der Waals surface area contributed by atoms with Crippen molar-refractivity contribution < 1.29 is 18.3 Å². The number of ketones is 1. The smallest absolute Gasteiger partial charge is 0.202 e. The zero-order valence-corrected chi connectivity index (χ0v) is 20.6. The number of rotatable bonds is 9. The summed E-state index contributed by atoms with van der Waals surface area (Å²) in [7, 11) is 3.39. The highest BCUT2D eigenvalue weighted by Gasteiger charge is 2.61. The van der Waals surface area contributed by atoms with Crippen molar-refractivity contribution in [2.24, 2.45) is 13.0 Å². The second kappa shape index (κ2) is 8.81. The van der Waals surface area contributed by atoms with E-state index >= 15 is 0 Å². The molecule has 1 aliphatic heterocycles. The second-order valence-corrected chi connectivity index (χ2v) is 10.3. The number of halogens is 1. The van der Waals surface area contributed by atoms with E-state index in [2.05, 4.69) is 20.1 Å². The van der Waals surface area contributed by atoms with Crippen LogP contribution < -0.4 is 4.74 Å². The van der Waals surface area contributed by atoms with Gasteiger partial charge in [0.05, 0.1) is 18.4 Å². The monoisotopic (exact) mass is 485 g/mol. The number of piperidine rings is 1. The van der Waals surface area contributed by atoms with Crippen molar-refractivity contribution in [2.75, 3.05) is 32.5 Å². The van der Waals surface area contributed by atoms with Gasteiger partial charge in [-0.25, -0.2) is 9.37 Å². The van der Waals surface area contributed by atoms with Gasteiger partial charge in [-0.3, -0.25) is 4.79 Å². The third kappa shape index (κ3) is 3.92. The van der Waals surface area contributed by atoms with Crippen LogP contribution in [0.15, 0.2) is 28.1 Å². The van der Waals surface area contributed by atoms with E-state index in [4.69, 9.17) is 9.15 Å². The molecule has 34 heavy (non-hydrogen) atoms. The number of fused-ring (bicyclic) bond motifs is 1. The first-order chi connectivity index (χ1) is 16.3. The van der Waals surface area contributed by atoms with Crippen LogP contribution in [0, 0.1) is 18.7 Å². The van der Waals surface area contributed by atoms with Gasteiger partial charge < -0.3 is 18.6 Å². The number of thioether (sulfide) groups is 1. The quantitative estimate of drug-likeness (QED) is 0.256. The van der Waals surface area contributed by atoms with Gasteiger partial charge in [0.15, 0.2) is 23.1 Å². The molecule has 2 aromatic heterocycles. The third-order valence-electron chi connectivity index (χ3n) is 7.05. The van der Waals surface area contributed by atoms with Gasteiger partial charge in [-0.15, -0.1) is 10.2 Å². The van der Waals surface area contributed by atoms with Crippen molar-refractivity contribution >= 4 is 17.5 Å². The predicted octanol–water partition coefficient (Wildman–Crippen LogP) is 3.88. The molecule has 0 amide bonds. The molecule has 1 aliphatic carbocycles. The maximum absolute atomic E-state index is 15.0. The molecule has 3 aromatic rings. The summed E-state index contributed by atoms with van der Waals surface area (Å²) in [5.74, 6) is 2.58. The summed E-state index contributed by atoms with van der Waals surface area (Å²) in [4.78, 5) is 18.6. The third-order valence-corrected chi connectivity index (χ3v) is 8.16. The number of hydrogen-bond acceptors (Lipinski definition) is 8. The minimum atomic E-state index is -0.276. The van der Waals surface area contributed by atoms with Crippen LogP contribution in [0.2, 0.25) is 0 Å². The van der Waals surface area contributed by atoms with Gasteiger partial charge in [0.1, 0.15) is 11.6 Å². The summed E-state index contributed by atoms with van der Waals surface area (Å²) in [6.45, 7) is 6.10. The molecule has 0 spiro atoms. The van der Waals surface area contributed by atoms with Crippen molar-refractivity contribution in [1.29, 1.82) is 0 Å². The van der Waals surface area contributed by atoms with Crippen LogP contribution in [-0.2, 0) is 12.5 Å². The van der Waals surface area contributed by atoms with E-state index in [0.717, 1.165) is 49.1 Å². The van der Waals surface area contributed by atoms with E-state index in [0.29, 0.717) is 34.4 Å². The zero-order valence-electron chi connectivity index (χ0n) is 19.8. The first kappa shape index (κ1) is 23.0. The number of carbonyl (C=O) groups is 1. The fraction of sp³-hybridized carbons (Fsp3) is 0.500. The Morgan fingerprint density at radius 1 is 1.38 bits per heavy atom. The van der Waals surface area contributed by atoms with E-state index in [-0.39, 0.29) is 17.0 Å². The SMILES string of the molecule is COc1cc(F)c(C23CC2CN(CCCSc2nnc(-c4ocnc4C)n2C)C3)cc1C(C)=O. The van der Waals surface area contributed by atoms with Gasteiger partial charge in [0.2, 0.25) is 5.82 Å². The first-order valence-electron chi connectivity index (χ1n) is 11.4. The van der Waals surface area contributed by atoms with Crippen LogP contribution in [0.3, 0.4) is 0 Å². The predicted molar refractivity (Wildman–Crippen MR) is 126 cm³/mol. The Bertz CT molecular complexity index is 1240. The number of methoxy groups -OCH3 is 1. The summed E-state index contributed by atoms with van der Waals surface area (Å²) < 4.78 is 27.5. The highest BCUT2D eigenvalue weighted by molar-refractivity contribution is 7.99. The number of carbonyl (C=O) groups excluding carboxylic acids is 1. The van der Waals surface area contributed by atoms with Gasteiger partial charge >= 0.3 is 0 Å². The molecule has 1 aromatic carbocycles. The van der Waals surface area contributed by atoms with Crippen molar-refractivity contribution in [2.45, 2.75) is 37.3 Å². The highest BCUT2D eigenvalue weighted by Crippen LogP contribution is 2.60. The van der Waals surface area contributed by atoms with Crippen LogP contribution in [0.1, 0.15) is 41.4 Å². The van der Waals surface area contributed by atoms with Crippen LogP contribution in [0.25, 0.3) is 11.6 Å². The minimum Gasteiger partial charge on any atom is -0.496 e. The van der Waals surface area contributed by atoms with E-state index in [1.807, 2.05) is 18.5 Å². The van der Waals surface area contributed by atoms with Crippen LogP contribution in [0.5, 0.6) is 5.75 Å². The van der Waals surface area contributed by atoms with Crippen LogP contribution in [-0.4, -0.2) is 62.9 Å². The number of hydrogen-bond donors (Lipinski definition) is 0. The average Bonchev–Trinajstić information content (AvgIpc) is 3.10. The van der Waals surface area contributed by atoms with E-state index in [9.17, 15) is 9.18 Å². The maximum Gasteiger partial charge on any atom is 0.202 e. The summed E-state index contributed by atoms with van der Waals surface area (Å²) >= 11 is 1.66. The number of likely N-dealkylation sites (tertiary alicyclic amines) is 1. The molecule has 0 radical (unpaired) electrons. The zero-order chi connectivity index (χ0) is 24.0. The Labute approximate surface area is 201 Å². The molecule has 0 N–H and O–H groups in total. The van der Waals surface area contributed by atoms with Crippen molar-refractivity contribution in [3.05, 3.63) is 41.2 Å². The fourth-order valence-electron chi connectivity index (χ4n) is 5.16. The van der Waals surface area contributed by atoms with Gasteiger partial charge in [0.25, 0.3) is 0 Å². The number of oxazole rings is 1. The number of aromatic nitrogens is 4. The molecule has 1 saturated heterocycles. The molecule has 2 fully saturated rings. The van der Waals surface area contributed by atoms with Crippen LogP contribution in [0.4, 0.5) is 4.39 Å². The number of benzene rings is 1. The number of Topliss-reactive ketones (excluding diaryl/α,β-unsaturated/α-hetero) is 1. The number of ether oxygens (including phenoxy) is 1. The van der Waals surface area contributed by atoms with Gasteiger partial charge in [-0.05, 0) is 50.8 Å². The number of aryl methyl sites for hydroxylation is 1. The van der Waals surface area contributed by atoms with Crippen molar-refractivity contribution in [1.82, 2.24) is 24.6 Å². The molecule has 2 aliphatic rings. The molecule has 2 atom stereocenters. The molecule has 8 nitrogen and oxygen atoms in total. The Morgan fingerprint density at radius 3 is 2.91 bits per heavy atom. The molecule has 180 valence electrons. The van der Waals surface area contributed by atoms with Gasteiger partial charge in [-0.2, -0.15) is 0 Å². The summed E-state index contributed by atoms with van der Waals surface area (Å²) in [5.41, 5.74) is 1.73. The molecular weight excluding hydrogens is 457 g/mol. The normalized spacial score (nSPS) is 21.6. The van der Waals surface area contributed by atoms with Gasteiger partial charge in [-0.1, -0.05) is 11.8 Å². The summed E-state index contributed by atoms with van der Waals surface area (Å²) in [5, 5.41) is 9.38. The largest absolute Gasteiger partial charge is 0.496 e. The lowest BCUT2D eigenvalue weighted by atomic mass is 9.91. The Hall–Kier alpha value is -2.72. The first-order valence-corrected chi connectivity index (χ1v) is 12.4. The lowest BCUT2D eigenvalue weighted by molar-refractivity contribution is 0.101. The Morgan fingerprint density at radius 2 is 2.21 bits per heavy atom. The molecule has 10 heteroatoms. The molecule has 5 rings (SSSR count). The molecular formula is C24H28FN5O3S. The number of nitrogens with zero attached hydrogens (tertiary/aromatic N) is 5. The molecule has 1 saturated carbocycles. The summed E-state index contributed by atoms with van der Waals surface area (Å²) in [6.07, 6.45) is 3.38. The van der Waals surface area contributed by atoms with E-state index < -0.39 is 0 Å². The Balaban J connectivity index is 1.18. The molecule has 2 unspecified atom stereocenters. The average molecular weight is 486 g/mol. The van der Waals surface area contributed by atoms with E-state index in [1.54, 1.807) is 17.8 Å². The molecule has 3 heterocycles.